The molecule has 0 saturated carbocycles. The molecule has 242 valence electrons. The van der Waals surface area contributed by atoms with E-state index in [1.54, 1.807) is 13.0 Å². The molecule has 3 N–H and O–H groups in total. The van der Waals surface area contributed by atoms with Crippen molar-refractivity contribution in [2.45, 2.75) is 34.6 Å². The summed E-state index contributed by atoms with van der Waals surface area (Å²) in [7, 11) is -3.92. The zero-order valence-corrected chi connectivity index (χ0v) is 28.5. The van der Waals surface area contributed by atoms with Crippen LogP contribution in [0, 0.1) is 5.92 Å². The van der Waals surface area contributed by atoms with E-state index in [1.165, 1.54) is 53.1 Å². The van der Waals surface area contributed by atoms with Crippen molar-refractivity contribution in [1.29, 1.82) is 0 Å². The van der Waals surface area contributed by atoms with E-state index in [-0.39, 0.29) is 17.1 Å². The highest BCUT2D eigenvalue weighted by Gasteiger charge is 2.56. The van der Waals surface area contributed by atoms with Crippen molar-refractivity contribution in [3.8, 4) is 0 Å². The molecule has 1 fully saturated rings. The Morgan fingerprint density at radius 3 is 2.34 bits per heavy atom. The highest BCUT2D eigenvalue weighted by atomic mass is 79.9. The molecule has 3 heterocycles. The Bertz CT molecular complexity index is 2100. The molecule has 3 amide bonds. The molecule has 6 rings (SSSR count). The second-order valence-corrected chi connectivity index (χ2v) is 15.2. The summed E-state index contributed by atoms with van der Waals surface area (Å²) >= 11 is 5.47. The number of anilines is 2. The number of carbonyl (C=O) groups excluding carboxylic acids is 4. The molecule has 2 aliphatic rings. The largest absolute Gasteiger partial charge is 0.462 e. The molecule has 2 aliphatic heterocycles. The monoisotopic (exact) mass is 756 g/mol. The first-order valence-corrected chi connectivity index (χ1v) is 18.1. The van der Waals surface area contributed by atoms with Gasteiger partial charge in [0, 0.05) is 21.0 Å². The number of rotatable bonds is 8. The van der Waals surface area contributed by atoms with Crippen LogP contribution in [-0.2, 0) is 35.7 Å². The molecule has 0 aliphatic carbocycles. The van der Waals surface area contributed by atoms with E-state index in [4.69, 9.17) is 9.88 Å². The van der Waals surface area contributed by atoms with Gasteiger partial charge in [0.2, 0.25) is 27.7 Å². The van der Waals surface area contributed by atoms with Gasteiger partial charge in [-0.1, -0.05) is 51.2 Å². The van der Waals surface area contributed by atoms with Crippen LogP contribution in [0.25, 0.3) is 0 Å². The Morgan fingerprint density at radius 1 is 1.00 bits per heavy atom. The molecule has 3 aromatic carbocycles. The van der Waals surface area contributed by atoms with Crippen LogP contribution in [0.5, 0.6) is 0 Å². The summed E-state index contributed by atoms with van der Waals surface area (Å²) in [5.41, 5.74) is 1.58. The fourth-order valence-electron chi connectivity index (χ4n) is 5.60. The van der Waals surface area contributed by atoms with Gasteiger partial charge in [0.25, 0.3) is 0 Å². The maximum atomic E-state index is 14.1. The molecule has 0 bridgehead atoms. The first-order chi connectivity index (χ1) is 22.4. The number of imide groups is 1. The second kappa shape index (κ2) is 12.8. The van der Waals surface area contributed by atoms with Crippen molar-refractivity contribution in [2.75, 3.05) is 16.8 Å². The zero-order chi connectivity index (χ0) is 33.6. The van der Waals surface area contributed by atoms with Crippen LogP contribution in [0.1, 0.15) is 33.6 Å². The second-order valence-electron chi connectivity index (χ2n) is 10.6. The van der Waals surface area contributed by atoms with Gasteiger partial charge in [-0.15, -0.1) is 0 Å². The van der Waals surface area contributed by atoms with Gasteiger partial charge in [-0.25, -0.2) is 23.3 Å². The molecule has 4 aromatic rings. The van der Waals surface area contributed by atoms with Gasteiger partial charge < -0.3 is 10.1 Å². The summed E-state index contributed by atoms with van der Waals surface area (Å²) in [5.74, 6) is -3.53. The van der Waals surface area contributed by atoms with E-state index in [0.717, 1.165) is 32.5 Å². The van der Waals surface area contributed by atoms with Crippen molar-refractivity contribution in [3.63, 3.8) is 0 Å². The Balaban J connectivity index is 1.34. The maximum absolute atomic E-state index is 14.1. The van der Waals surface area contributed by atoms with Crippen LogP contribution < -0.4 is 20.2 Å². The minimum atomic E-state index is -3.92. The Labute approximate surface area is 285 Å². The first kappa shape index (κ1) is 32.8. The molecular weight excluding hydrogens is 732 g/mol. The van der Waals surface area contributed by atoms with Crippen molar-refractivity contribution in [1.82, 2.24) is 4.57 Å². The third kappa shape index (κ3) is 6.30. The van der Waals surface area contributed by atoms with Gasteiger partial charge in [-0.3, -0.25) is 23.7 Å². The molecule has 3 unspecified atom stereocenters. The highest BCUT2D eigenvalue weighted by molar-refractivity contribution is 9.10. The molecule has 0 spiro atoms. The Kier molecular flexibility index (Phi) is 8.97. The number of benzene rings is 3. The number of sulfonamides is 1. The molecule has 47 heavy (non-hydrogen) atoms. The third-order valence-electron chi connectivity index (χ3n) is 7.66. The van der Waals surface area contributed by atoms with E-state index >= 15 is 0 Å². The summed E-state index contributed by atoms with van der Waals surface area (Å²) in [4.78, 5) is 67.8. The number of amides is 3. The van der Waals surface area contributed by atoms with Crippen molar-refractivity contribution < 1.29 is 32.3 Å². The quantitative estimate of drug-likeness (QED) is 0.199. The molecule has 12 nitrogen and oxygen atoms in total. The van der Waals surface area contributed by atoms with E-state index in [1.807, 2.05) is 18.2 Å². The zero-order valence-electron chi connectivity index (χ0n) is 24.4. The minimum absolute atomic E-state index is 0.122. The lowest BCUT2D eigenvalue weighted by Gasteiger charge is -2.30. The lowest BCUT2D eigenvalue weighted by molar-refractivity contribution is -0.122. The number of esters is 1. The van der Waals surface area contributed by atoms with Gasteiger partial charge in [-0.2, -0.15) is 0 Å². The standard InChI is InChI=1S/C31H25BrN4O8S3/c1-2-44-30(40)16-6-10-20(11-7-16)36-27(38)24-23(17-4-3-5-18(32)14-17)26-29(45-25(24)28(36)39)35(31(41)46-26)15-22(37)34-19-8-12-21(13-9-19)47(33,42)43/h3-14,23-25H,2,15H2,1H3,(H,34,37)(H2,33,42,43). The fraction of sp³-hybridized carbons (Fsp3) is 0.194. The number of nitrogens with two attached hydrogens (primary N) is 1. The van der Waals surface area contributed by atoms with E-state index in [2.05, 4.69) is 21.2 Å². The summed E-state index contributed by atoms with van der Waals surface area (Å²) in [6.45, 7) is 1.50. The van der Waals surface area contributed by atoms with Gasteiger partial charge in [0.15, 0.2) is 0 Å². The summed E-state index contributed by atoms with van der Waals surface area (Å²) in [5, 5.41) is 7.29. The number of ether oxygens (including phenoxy) is 1. The normalized spacial score (nSPS) is 18.9. The average Bonchev–Trinajstić information content (AvgIpc) is 3.47. The SMILES string of the molecule is CCOC(=O)c1ccc(N2C(=O)C3Sc4c(sc(=O)n4CC(=O)Nc4ccc(S(N)(=O)=O)cc4)C(c4cccc(Br)c4)C3C2=O)cc1. The number of aromatic nitrogens is 1. The maximum Gasteiger partial charge on any atom is 0.338 e. The number of thioether (sulfide) groups is 1. The number of nitrogens with one attached hydrogen (secondary N) is 1. The number of hydrogen-bond donors (Lipinski definition) is 2. The van der Waals surface area contributed by atoms with E-state index in [0.29, 0.717) is 26.8 Å². The molecule has 3 atom stereocenters. The van der Waals surface area contributed by atoms with Crippen molar-refractivity contribution >= 4 is 84.1 Å². The molecule has 1 saturated heterocycles. The molecular formula is C31H25BrN4O8S3. The van der Waals surface area contributed by atoms with Crippen LogP contribution in [0.3, 0.4) is 0 Å². The Morgan fingerprint density at radius 2 is 1.70 bits per heavy atom. The number of thiazole rings is 1. The lowest BCUT2D eigenvalue weighted by atomic mass is 9.83. The van der Waals surface area contributed by atoms with Crippen LogP contribution in [0.15, 0.2) is 92.0 Å². The highest BCUT2D eigenvalue weighted by Crippen LogP contribution is 2.54. The molecule has 0 radical (unpaired) electrons. The van der Waals surface area contributed by atoms with Gasteiger partial charge in [0.1, 0.15) is 11.8 Å². The first-order valence-electron chi connectivity index (χ1n) is 14.1. The van der Waals surface area contributed by atoms with Gasteiger partial charge >= 0.3 is 10.8 Å². The summed E-state index contributed by atoms with van der Waals surface area (Å²) in [6.07, 6.45) is 0. The molecule has 1 aromatic heterocycles. The number of halogens is 1. The number of nitrogens with zero attached hydrogens (tertiary/aromatic N) is 2. The van der Waals surface area contributed by atoms with E-state index < -0.39 is 62.2 Å². The smallest absolute Gasteiger partial charge is 0.338 e. The number of fused-ring (bicyclic) bond motifs is 2. The van der Waals surface area contributed by atoms with E-state index in [9.17, 15) is 32.4 Å². The average molecular weight is 758 g/mol. The number of carbonyl (C=O) groups is 4. The van der Waals surface area contributed by atoms with Crippen molar-refractivity contribution in [3.05, 3.63) is 103 Å². The van der Waals surface area contributed by atoms with Gasteiger partial charge in [-0.05, 0) is 73.2 Å². The van der Waals surface area contributed by atoms with Gasteiger partial charge in [0.05, 0.1) is 33.7 Å². The van der Waals surface area contributed by atoms with Crippen LogP contribution >= 0.6 is 39.0 Å². The lowest BCUT2D eigenvalue weighted by Crippen LogP contribution is -2.33. The predicted molar refractivity (Wildman–Crippen MR) is 179 cm³/mol. The molecule has 16 heteroatoms. The Hall–Kier alpha value is -4.09. The minimum Gasteiger partial charge on any atom is -0.462 e. The number of primary sulfonamides is 1. The fourth-order valence-corrected chi connectivity index (χ4v) is 9.31. The third-order valence-corrected chi connectivity index (χ3v) is 11.7. The van der Waals surface area contributed by atoms with Crippen molar-refractivity contribution in [2.24, 2.45) is 11.1 Å². The summed E-state index contributed by atoms with van der Waals surface area (Å²) < 4.78 is 30.2. The topological polar surface area (TPSA) is 175 Å². The number of hydrogen-bond acceptors (Lipinski definition) is 10. The van der Waals surface area contributed by atoms with Crippen LogP contribution in [0.2, 0.25) is 0 Å². The van der Waals surface area contributed by atoms with Crippen LogP contribution in [-0.4, -0.2) is 48.5 Å². The van der Waals surface area contributed by atoms with Crippen LogP contribution in [0.4, 0.5) is 11.4 Å². The summed E-state index contributed by atoms with van der Waals surface area (Å²) in [6, 6.07) is 18.6. The predicted octanol–water partition coefficient (Wildman–Crippen LogP) is 3.93.